The normalized spacial score (nSPS) is 11.3. The molecule has 2 aromatic carbocycles. The molecule has 0 radical (unpaired) electrons. The summed E-state index contributed by atoms with van der Waals surface area (Å²) in [4.78, 5) is 12.3. The monoisotopic (exact) mass is 405 g/mol. The molecule has 0 spiro atoms. The molecule has 0 aliphatic heterocycles. The van der Waals surface area contributed by atoms with Gasteiger partial charge in [-0.1, -0.05) is 18.2 Å². The number of rotatable bonds is 9. The Morgan fingerprint density at radius 3 is 2.43 bits per heavy atom. The lowest BCUT2D eigenvalue weighted by atomic mass is 10.1. The van der Waals surface area contributed by atoms with Crippen molar-refractivity contribution in [1.29, 1.82) is 0 Å². The maximum Gasteiger partial charge on any atom is 0.242 e. The SMILES string of the molecule is Cc1cc(S(=O)(=O)N(C)C)cc(NCC(=O)NCCOc2ccccc2)c1C. The van der Waals surface area contributed by atoms with E-state index in [1.807, 2.05) is 44.2 Å². The highest BCUT2D eigenvalue weighted by Crippen LogP contribution is 2.25. The number of ether oxygens (including phenoxy) is 1. The highest BCUT2D eigenvalue weighted by atomic mass is 32.2. The lowest BCUT2D eigenvalue weighted by Crippen LogP contribution is -2.33. The Morgan fingerprint density at radius 2 is 1.79 bits per heavy atom. The minimum absolute atomic E-state index is 0.0388. The van der Waals surface area contributed by atoms with Crippen LogP contribution in [0.2, 0.25) is 0 Å². The van der Waals surface area contributed by atoms with Gasteiger partial charge in [-0.15, -0.1) is 0 Å². The van der Waals surface area contributed by atoms with Crippen molar-refractivity contribution in [3.8, 4) is 5.75 Å². The van der Waals surface area contributed by atoms with Crippen molar-refractivity contribution in [3.63, 3.8) is 0 Å². The van der Waals surface area contributed by atoms with E-state index in [-0.39, 0.29) is 17.3 Å². The number of amides is 1. The van der Waals surface area contributed by atoms with Gasteiger partial charge in [0.1, 0.15) is 12.4 Å². The van der Waals surface area contributed by atoms with E-state index in [2.05, 4.69) is 10.6 Å². The largest absolute Gasteiger partial charge is 0.492 e. The smallest absolute Gasteiger partial charge is 0.242 e. The molecule has 28 heavy (non-hydrogen) atoms. The van der Waals surface area contributed by atoms with Gasteiger partial charge >= 0.3 is 0 Å². The van der Waals surface area contributed by atoms with E-state index >= 15 is 0 Å². The maximum atomic E-state index is 12.4. The van der Waals surface area contributed by atoms with Crippen molar-refractivity contribution in [2.45, 2.75) is 18.7 Å². The maximum absolute atomic E-state index is 12.4. The van der Waals surface area contributed by atoms with E-state index in [0.717, 1.165) is 16.9 Å². The van der Waals surface area contributed by atoms with Crippen molar-refractivity contribution < 1.29 is 17.9 Å². The zero-order valence-electron chi connectivity index (χ0n) is 16.7. The Bertz CT molecular complexity index is 913. The third-order valence-electron chi connectivity index (χ3n) is 4.30. The van der Waals surface area contributed by atoms with E-state index in [1.54, 1.807) is 12.1 Å². The zero-order chi connectivity index (χ0) is 20.7. The second-order valence-corrected chi connectivity index (χ2v) is 8.72. The van der Waals surface area contributed by atoms with E-state index in [1.165, 1.54) is 18.4 Å². The van der Waals surface area contributed by atoms with E-state index < -0.39 is 10.0 Å². The van der Waals surface area contributed by atoms with Crippen LogP contribution in [0.5, 0.6) is 5.75 Å². The molecular weight excluding hydrogens is 378 g/mol. The van der Waals surface area contributed by atoms with Gasteiger partial charge in [-0.25, -0.2) is 12.7 Å². The Morgan fingerprint density at radius 1 is 1.11 bits per heavy atom. The molecule has 0 atom stereocenters. The Balaban J connectivity index is 1.91. The molecule has 2 N–H and O–H groups in total. The minimum atomic E-state index is -3.54. The lowest BCUT2D eigenvalue weighted by Gasteiger charge is -2.17. The van der Waals surface area contributed by atoms with Gasteiger partial charge in [0, 0.05) is 19.8 Å². The first kappa shape index (κ1) is 21.7. The highest BCUT2D eigenvalue weighted by molar-refractivity contribution is 7.89. The Kier molecular flexibility index (Phi) is 7.42. The van der Waals surface area contributed by atoms with Crippen LogP contribution in [-0.4, -0.2) is 52.4 Å². The standard InChI is InChI=1S/C20H27N3O4S/c1-15-12-18(28(25,26)23(3)4)13-19(16(15)2)22-14-20(24)21-10-11-27-17-8-6-5-7-9-17/h5-9,12-13,22H,10-11,14H2,1-4H3,(H,21,24). The molecule has 0 unspecified atom stereocenters. The fourth-order valence-electron chi connectivity index (χ4n) is 2.48. The summed E-state index contributed by atoms with van der Waals surface area (Å²) in [5.41, 5.74) is 2.36. The molecule has 0 heterocycles. The number of carbonyl (C=O) groups is 1. The third kappa shape index (κ3) is 5.71. The molecule has 0 saturated heterocycles. The Hall–Kier alpha value is -2.58. The van der Waals surface area contributed by atoms with Crippen LogP contribution in [0.1, 0.15) is 11.1 Å². The number of aryl methyl sites for hydroxylation is 1. The van der Waals surface area contributed by atoms with Crippen molar-refractivity contribution >= 4 is 21.6 Å². The average molecular weight is 406 g/mol. The average Bonchev–Trinajstić information content (AvgIpc) is 2.66. The number of nitrogens with zero attached hydrogens (tertiary/aromatic N) is 1. The molecule has 0 bridgehead atoms. The summed E-state index contributed by atoms with van der Waals surface area (Å²) in [5, 5.41) is 5.80. The lowest BCUT2D eigenvalue weighted by molar-refractivity contribution is -0.119. The molecule has 8 heteroatoms. The van der Waals surface area contributed by atoms with Crippen LogP contribution in [0.4, 0.5) is 5.69 Å². The molecule has 2 rings (SSSR count). The molecule has 2 aromatic rings. The molecular formula is C20H27N3O4S. The number of benzene rings is 2. The second-order valence-electron chi connectivity index (χ2n) is 6.57. The minimum Gasteiger partial charge on any atom is -0.492 e. The topological polar surface area (TPSA) is 87.7 Å². The van der Waals surface area contributed by atoms with Crippen LogP contribution < -0.4 is 15.4 Å². The summed E-state index contributed by atoms with van der Waals surface area (Å²) in [6, 6.07) is 12.6. The summed E-state index contributed by atoms with van der Waals surface area (Å²) < 4.78 is 31.5. The van der Waals surface area contributed by atoms with Crippen molar-refractivity contribution in [3.05, 3.63) is 53.6 Å². The summed E-state index contributed by atoms with van der Waals surface area (Å²) in [6.07, 6.45) is 0. The number of sulfonamides is 1. The number of para-hydroxylation sites is 1. The molecule has 7 nitrogen and oxygen atoms in total. The number of hydrogen-bond acceptors (Lipinski definition) is 5. The highest BCUT2D eigenvalue weighted by Gasteiger charge is 2.19. The molecule has 0 aliphatic carbocycles. The quantitative estimate of drug-likeness (QED) is 0.624. The van der Waals surface area contributed by atoms with Gasteiger partial charge in [0.25, 0.3) is 0 Å². The van der Waals surface area contributed by atoms with E-state index in [0.29, 0.717) is 18.8 Å². The van der Waals surface area contributed by atoms with Crippen LogP contribution >= 0.6 is 0 Å². The van der Waals surface area contributed by atoms with Crippen LogP contribution in [0.3, 0.4) is 0 Å². The third-order valence-corrected chi connectivity index (χ3v) is 6.09. The van der Waals surface area contributed by atoms with Crippen LogP contribution in [0.15, 0.2) is 47.4 Å². The zero-order valence-corrected chi connectivity index (χ0v) is 17.5. The molecule has 152 valence electrons. The summed E-state index contributed by atoms with van der Waals surface area (Å²) >= 11 is 0. The second kappa shape index (κ2) is 9.57. The molecule has 0 aliphatic rings. The van der Waals surface area contributed by atoms with Crippen molar-refractivity contribution in [1.82, 2.24) is 9.62 Å². The van der Waals surface area contributed by atoms with Gasteiger partial charge in [0.2, 0.25) is 15.9 Å². The number of hydrogen-bond donors (Lipinski definition) is 2. The predicted octanol–water partition coefficient (Wildman–Crippen LogP) is 2.16. The fraction of sp³-hybridized carbons (Fsp3) is 0.350. The summed E-state index contributed by atoms with van der Waals surface area (Å²) in [6.45, 7) is 4.51. The first-order valence-electron chi connectivity index (χ1n) is 8.94. The number of carbonyl (C=O) groups excluding carboxylic acids is 1. The van der Waals surface area contributed by atoms with Gasteiger partial charge in [-0.05, 0) is 49.2 Å². The van der Waals surface area contributed by atoms with Crippen molar-refractivity contribution in [2.75, 3.05) is 39.1 Å². The Labute approximate surface area is 166 Å². The van der Waals surface area contributed by atoms with Gasteiger partial charge < -0.3 is 15.4 Å². The number of nitrogens with one attached hydrogen (secondary N) is 2. The van der Waals surface area contributed by atoms with Gasteiger partial charge in [0.05, 0.1) is 18.0 Å². The van der Waals surface area contributed by atoms with Gasteiger partial charge in [-0.3, -0.25) is 4.79 Å². The fourth-order valence-corrected chi connectivity index (χ4v) is 3.50. The van der Waals surface area contributed by atoms with Gasteiger partial charge in [-0.2, -0.15) is 0 Å². The molecule has 1 amide bonds. The first-order valence-corrected chi connectivity index (χ1v) is 10.4. The molecule has 0 fully saturated rings. The van der Waals surface area contributed by atoms with Crippen LogP contribution in [0, 0.1) is 13.8 Å². The first-order chi connectivity index (χ1) is 13.2. The molecule has 0 aromatic heterocycles. The van der Waals surface area contributed by atoms with E-state index in [4.69, 9.17) is 4.74 Å². The van der Waals surface area contributed by atoms with Crippen molar-refractivity contribution in [2.24, 2.45) is 0 Å². The molecule has 0 saturated carbocycles. The summed E-state index contributed by atoms with van der Waals surface area (Å²) in [7, 11) is -0.568. The summed E-state index contributed by atoms with van der Waals surface area (Å²) in [5.74, 6) is 0.550. The van der Waals surface area contributed by atoms with Gasteiger partial charge in [0.15, 0.2) is 0 Å². The van der Waals surface area contributed by atoms with E-state index in [9.17, 15) is 13.2 Å². The van der Waals surface area contributed by atoms with Crippen LogP contribution in [0.25, 0.3) is 0 Å². The van der Waals surface area contributed by atoms with Crippen LogP contribution in [-0.2, 0) is 14.8 Å². The number of anilines is 1. The predicted molar refractivity (Wildman–Crippen MR) is 110 cm³/mol.